The van der Waals surface area contributed by atoms with Crippen LogP contribution in [0, 0.1) is 0 Å². The number of hydrogen-bond donors (Lipinski definition) is 2. The van der Waals surface area contributed by atoms with Crippen LogP contribution in [0.5, 0.6) is 5.75 Å². The molecule has 2 heterocycles. The van der Waals surface area contributed by atoms with Crippen molar-refractivity contribution >= 4 is 15.8 Å². The lowest BCUT2D eigenvalue weighted by Crippen LogP contribution is -2.06. The van der Waals surface area contributed by atoms with Crippen LogP contribution in [0.2, 0.25) is 0 Å². The SMILES string of the molecule is CCS(=O)(=O)Cc1nc(-c2ncc(C(=O)O)cc2O)no1. The maximum atomic E-state index is 11.4. The first-order valence-electron chi connectivity index (χ1n) is 5.78. The third kappa shape index (κ3) is 3.34. The second kappa shape index (κ2) is 5.48. The highest BCUT2D eigenvalue weighted by atomic mass is 32.2. The molecule has 0 unspecified atom stereocenters. The number of aromatic nitrogens is 3. The number of sulfone groups is 1. The summed E-state index contributed by atoms with van der Waals surface area (Å²) in [6.07, 6.45) is 1.02. The van der Waals surface area contributed by atoms with Gasteiger partial charge >= 0.3 is 5.97 Å². The summed E-state index contributed by atoms with van der Waals surface area (Å²) in [6, 6.07) is 0.990. The van der Waals surface area contributed by atoms with E-state index in [1.54, 1.807) is 0 Å². The number of nitrogens with zero attached hydrogens (tertiary/aromatic N) is 3. The quantitative estimate of drug-likeness (QED) is 0.804. The molecule has 0 radical (unpaired) electrons. The van der Waals surface area contributed by atoms with Crippen molar-refractivity contribution in [1.82, 2.24) is 15.1 Å². The molecular weight excluding hydrogens is 302 g/mol. The molecule has 0 bridgehead atoms. The maximum Gasteiger partial charge on any atom is 0.337 e. The highest BCUT2D eigenvalue weighted by Gasteiger charge is 2.19. The van der Waals surface area contributed by atoms with E-state index in [1.807, 2.05) is 0 Å². The van der Waals surface area contributed by atoms with Crippen molar-refractivity contribution in [3.8, 4) is 17.3 Å². The van der Waals surface area contributed by atoms with Gasteiger partial charge in [-0.15, -0.1) is 0 Å². The summed E-state index contributed by atoms with van der Waals surface area (Å²) >= 11 is 0. The standard InChI is InChI=1S/C11H11N3O6S/c1-2-21(18,19)5-8-13-10(14-20-8)9-7(15)3-6(4-12-9)11(16)17/h3-4,15H,2,5H2,1H3,(H,16,17). The Balaban J connectivity index is 2.32. The number of carboxylic acid groups (broad SMARTS) is 1. The number of carboxylic acids is 1. The summed E-state index contributed by atoms with van der Waals surface area (Å²) in [6.45, 7) is 1.49. The first-order chi connectivity index (χ1) is 9.82. The lowest BCUT2D eigenvalue weighted by Gasteiger charge is -1.99. The minimum atomic E-state index is -3.33. The van der Waals surface area contributed by atoms with Crippen molar-refractivity contribution in [2.75, 3.05) is 5.75 Å². The molecule has 0 aliphatic carbocycles. The first kappa shape index (κ1) is 14.9. The van der Waals surface area contributed by atoms with Gasteiger partial charge in [-0.3, -0.25) is 0 Å². The van der Waals surface area contributed by atoms with Crippen LogP contribution in [-0.2, 0) is 15.6 Å². The fourth-order valence-corrected chi connectivity index (χ4v) is 2.14. The van der Waals surface area contributed by atoms with E-state index in [4.69, 9.17) is 9.63 Å². The van der Waals surface area contributed by atoms with Gasteiger partial charge in [0, 0.05) is 11.9 Å². The van der Waals surface area contributed by atoms with Gasteiger partial charge in [-0.25, -0.2) is 18.2 Å². The number of aromatic carboxylic acids is 1. The van der Waals surface area contributed by atoms with Gasteiger partial charge in [0.05, 0.1) is 5.56 Å². The molecule has 2 aromatic rings. The molecule has 0 amide bonds. The molecule has 2 rings (SSSR count). The van der Waals surface area contributed by atoms with E-state index in [1.165, 1.54) is 6.92 Å². The average molecular weight is 313 g/mol. The average Bonchev–Trinajstić information content (AvgIpc) is 2.86. The number of carbonyl (C=O) groups is 1. The minimum absolute atomic E-state index is 0.0679. The second-order valence-corrected chi connectivity index (χ2v) is 6.44. The Morgan fingerprint density at radius 1 is 1.43 bits per heavy atom. The van der Waals surface area contributed by atoms with Crippen molar-refractivity contribution in [3.63, 3.8) is 0 Å². The minimum Gasteiger partial charge on any atom is -0.506 e. The molecule has 0 saturated carbocycles. The molecule has 9 nitrogen and oxygen atoms in total. The predicted molar refractivity (Wildman–Crippen MR) is 69.3 cm³/mol. The van der Waals surface area contributed by atoms with Gasteiger partial charge in [-0.05, 0) is 6.07 Å². The van der Waals surface area contributed by atoms with E-state index in [0.717, 1.165) is 12.3 Å². The van der Waals surface area contributed by atoms with Crippen LogP contribution in [0.15, 0.2) is 16.8 Å². The van der Waals surface area contributed by atoms with E-state index in [9.17, 15) is 18.3 Å². The summed E-state index contributed by atoms with van der Waals surface area (Å²) in [5, 5.41) is 22.0. The van der Waals surface area contributed by atoms with Crippen molar-refractivity contribution in [1.29, 1.82) is 0 Å². The molecule has 0 aromatic carbocycles. The molecule has 2 aromatic heterocycles. The van der Waals surface area contributed by atoms with E-state index in [0.29, 0.717) is 0 Å². The van der Waals surface area contributed by atoms with Crippen molar-refractivity contribution in [3.05, 3.63) is 23.7 Å². The van der Waals surface area contributed by atoms with Crippen LogP contribution in [-0.4, -0.2) is 45.5 Å². The summed E-state index contributed by atoms with van der Waals surface area (Å²) in [5.74, 6) is -2.42. The monoisotopic (exact) mass is 313 g/mol. The molecule has 21 heavy (non-hydrogen) atoms. The molecule has 0 atom stereocenters. The van der Waals surface area contributed by atoms with Crippen LogP contribution in [0.1, 0.15) is 23.2 Å². The third-order valence-corrected chi connectivity index (χ3v) is 4.14. The van der Waals surface area contributed by atoms with Gasteiger partial charge in [0.2, 0.25) is 11.7 Å². The molecule has 0 aliphatic rings. The largest absolute Gasteiger partial charge is 0.506 e. The van der Waals surface area contributed by atoms with Crippen LogP contribution in [0.4, 0.5) is 0 Å². The van der Waals surface area contributed by atoms with Gasteiger partial charge in [0.1, 0.15) is 11.5 Å². The predicted octanol–water partition coefficient (Wildman–Crippen LogP) is 0.470. The zero-order valence-electron chi connectivity index (χ0n) is 10.8. The molecule has 0 aliphatic heterocycles. The summed E-state index contributed by atoms with van der Waals surface area (Å²) in [5.41, 5.74) is -0.294. The van der Waals surface area contributed by atoms with Crippen molar-refractivity contribution < 1.29 is 27.9 Å². The summed E-state index contributed by atoms with van der Waals surface area (Å²) in [4.78, 5) is 18.3. The summed E-state index contributed by atoms with van der Waals surface area (Å²) < 4.78 is 27.7. The molecule has 0 saturated heterocycles. The first-order valence-corrected chi connectivity index (χ1v) is 7.60. The van der Waals surface area contributed by atoms with Gasteiger partial charge in [-0.1, -0.05) is 12.1 Å². The number of aromatic hydroxyl groups is 1. The van der Waals surface area contributed by atoms with Crippen LogP contribution >= 0.6 is 0 Å². The molecule has 10 heteroatoms. The lowest BCUT2D eigenvalue weighted by atomic mass is 10.2. The molecule has 112 valence electrons. The normalized spacial score (nSPS) is 11.5. The van der Waals surface area contributed by atoms with Gasteiger partial charge in [-0.2, -0.15) is 4.98 Å². The smallest absolute Gasteiger partial charge is 0.337 e. The Morgan fingerprint density at radius 3 is 2.71 bits per heavy atom. The van der Waals surface area contributed by atoms with Gasteiger partial charge in [0.15, 0.2) is 15.5 Å². The van der Waals surface area contributed by atoms with Gasteiger partial charge < -0.3 is 14.7 Å². The fourth-order valence-electron chi connectivity index (χ4n) is 1.44. The summed E-state index contributed by atoms with van der Waals surface area (Å²) in [7, 11) is -3.33. The second-order valence-electron chi connectivity index (χ2n) is 4.09. The highest BCUT2D eigenvalue weighted by molar-refractivity contribution is 7.90. The van der Waals surface area contributed by atoms with Gasteiger partial charge in [0.25, 0.3) is 0 Å². The lowest BCUT2D eigenvalue weighted by molar-refractivity contribution is 0.0696. The molecular formula is C11H11N3O6S. The maximum absolute atomic E-state index is 11.4. The van der Waals surface area contributed by atoms with Crippen LogP contribution in [0.25, 0.3) is 11.5 Å². The van der Waals surface area contributed by atoms with E-state index < -0.39 is 27.3 Å². The highest BCUT2D eigenvalue weighted by Crippen LogP contribution is 2.25. The van der Waals surface area contributed by atoms with E-state index >= 15 is 0 Å². The topological polar surface area (TPSA) is 143 Å². The molecule has 2 N–H and O–H groups in total. The number of rotatable bonds is 5. The molecule has 0 spiro atoms. The molecule has 0 fully saturated rings. The Kier molecular flexibility index (Phi) is 3.89. The zero-order valence-corrected chi connectivity index (χ0v) is 11.7. The Morgan fingerprint density at radius 2 is 2.14 bits per heavy atom. The zero-order chi connectivity index (χ0) is 15.6. The Bertz CT molecular complexity index is 783. The fraction of sp³-hybridized carbons (Fsp3) is 0.273. The van der Waals surface area contributed by atoms with E-state index in [-0.39, 0.29) is 28.7 Å². The number of hydrogen-bond acceptors (Lipinski definition) is 8. The van der Waals surface area contributed by atoms with Crippen LogP contribution < -0.4 is 0 Å². The number of pyridine rings is 1. The van der Waals surface area contributed by atoms with Crippen molar-refractivity contribution in [2.24, 2.45) is 0 Å². The Hall–Kier alpha value is -2.49. The van der Waals surface area contributed by atoms with Crippen molar-refractivity contribution in [2.45, 2.75) is 12.7 Å². The van der Waals surface area contributed by atoms with Crippen LogP contribution in [0.3, 0.4) is 0 Å². The van der Waals surface area contributed by atoms with E-state index in [2.05, 4.69) is 15.1 Å². The third-order valence-electron chi connectivity index (χ3n) is 2.58. The Labute approximate surface area is 119 Å².